The summed E-state index contributed by atoms with van der Waals surface area (Å²) < 4.78 is 5.50. The van der Waals surface area contributed by atoms with Crippen molar-refractivity contribution in [3.05, 3.63) is 46.1 Å². The molecule has 0 spiro atoms. The van der Waals surface area contributed by atoms with Crippen LogP contribution in [0.5, 0.6) is 0 Å². The maximum atomic E-state index is 6.36. The minimum atomic E-state index is 0.293. The monoisotopic (exact) mass is 276 g/mol. The van der Waals surface area contributed by atoms with Crippen LogP contribution in [-0.4, -0.2) is 19.3 Å². The molecule has 0 aliphatic heterocycles. The maximum absolute atomic E-state index is 6.36. The number of halogens is 1. The van der Waals surface area contributed by atoms with Crippen molar-refractivity contribution in [2.45, 2.75) is 25.2 Å². The van der Waals surface area contributed by atoms with E-state index in [1.165, 1.54) is 11.1 Å². The van der Waals surface area contributed by atoms with Gasteiger partial charge in [0.15, 0.2) is 0 Å². The van der Waals surface area contributed by atoms with E-state index in [4.69, 9.17) is 16.1 Å². The summed E-state index contributed by atoms with van der Waals surface area (Å²) in [7, 11) is 3.97. The van der Waals surface area contributed by atoms with E-state index in [-0.39, 0.29) is 0 Å². The zero-order valence-electron chi connectivity index (χ0n) is 11.2. The summed E-state index contributed by atoms with van der Waals surface area (Å²) in [6.45, 7) is 0. The summed E-state index contributed by atoms with van der Waals surface area (Å²) in [6, 6.07) is 8.07. The Morgan fingerprint density at radius 1 is 1.32 bits per heavy atom. The average Bonchev–Trinajstić information content (AvgIpc) is 2.83. The molecule has 0 amide bonds. The lowest BCUT2D eigenvalue weighted by Crippen LogP contribution is -2.16. The summed E-state index contributed by atoms with van der Waals surface area (Å²) in [5.74, 6) is 1.15. The van der Waals surface area contributed by atoms with Gasteiger partial charge in [-0.15, -0.1) is 0 Å². The predicted molar refractivity (Wildman–Crippen MR) is 77.1 cm³/mol. The number of anilines is 1. The van der Waals surface area contributed by atoms with E-state index >= 15 is 0 Å². The van der Waals surface area contributed by atoms with Gasteiger partial charge in [-0.3, -0.25) is 0 Å². The van der Waals surface area contributed by atoms with Crippen molar-refractivity contribution >= 4 is 17.5 Å². The number of rotatable bonds is 2. The first kappa shape index (κ1) is 12.5. The summed E-state index contributed by atoms with van der Waals surface area (Å²) in [6.07, 6.45) is 3.22. The smallest absolute Gasteiger partial charge is 0.230 e. The number of hydrogen-bond acceptors (Lipinski definition) is 3. The van der Waals surface area contributed by atoms with Gasteiger partial charge in [0.1, 0.15) is 0 Å². The van der Waals surface area contributed by atoms with Crippen molar-refractivity contribution < 1.29 is 4.52 Å². The van der Waals surface area contributed by atoms with Crippen LogP contribution in [0, 0.1) is 0 Å². The van der Waals surface area contributed by atoms with Gasteiger partial charge < -0.3 is 9.42 Å². The Balaban J connectivity index is 2.12. The molecule has 3 nitrogen and oxygen atoms in total. The topological polar surface area (TPSA) is 29.3 Å². The van der Waals surface area contributed by atoms with Crippen LogP contribution in [0.4, 0.5) is 5.88 Å². The van der Waals surface area contributed by atoms with E-state index in [0.717, 1.165) is 35.9 Å². The fourth-order valence-corrected chi connectivity index (χ4v) is 3.13. The molecule has 0 saturated heterocycles. The van der Waals surface area contributed by atoms with Gasteiger partial charge in [0, 0.05) is 30.6 Å². The van der Waals surface area contributed by atoms with Gasteiger partial charge in [0.2, 0.25) is 5.88 Å². The first-order valence-corrected chi connectivity index (χ1v) is 6.96. The first-order valence-electron chi connectivity index (χ1n) is 6.58. The molecule has 1 unspecified atom stereocenters. The Morgan fingerprint density at radius 3 is 2.84 bits per heavy atom. The van der Waals surface area contributed by atoms with E-state index in [9.17, 15) is 0 Å². The maximum Gasteiger partial charge on any atom is 0.230 e. The number of aromatic nitrogens is 1. The minimum absolute atomic E-state index is 0.293. The lowest BCUT2D eigenvalue weighted by molar-refractivity contribution is 0.415. The van der Waals surface area contributed by atoms with Crippen LogP contribution in [0.3, 0.4) is 0 Å². The fourth-order valence-electron chi connectivity index (χ4n) is 2.86. The van der Waals surface area contributed by atoms with Crippen molar-refractivity contribution in [2.24, 2.45) is 0 Å². The van der Waals surface area contributed by atoms with Crippen LogP contribution in [0.15, 0.2) is 28.8 Å². The molecule has 3 rings (SSSR count). The number of fused-ring (bicyclic) bond motifs is 1. The molecular formula is C15H17ClN2O. The quantitative estimate of drug-likeness (QED) is 0.834. The van der Waals surface area contributed by atoms with Crippen molar-refractivity contribution in [1.82, 2.24) is 5.16 Å². The second-order valence-corrected chi connectivity index (χ2v) is 5.62. The molecule has 1 atom stereocenters. The molecule has 0 fully saturated rings. The molecule has 4 heteroatoms. The molecule has 2 aromatic rings. The molecular weight excluding hydrogens is 260 g/mol. The van der Waals surface area contributed by atoms with Crippen molar-refractivity contribution in [3.8, 4) is 0 Å². The zero-order valence-corrected chi connectivity index (χ0v) is 11.9. The lowest BCUT2D eigenvalue weighted by atomic mass is 9.81. The second kappa shape index (κ2) is 4.89. The summed E-state index contributed by atoms with van der Waals surface area (Å²) >= 11 is 6.36. The second-order valence-electron chi connectivity index (χ2n) is 5.21. The molecule has 1 aromatic carbocycles. The zero-order chi connectivity index (χ0) is 13.4. The van der Waals surface area contributed by atoms with Gasteiger partial charge in [-0.25, -0.2) is 0 Å². The Morgan fingerprint density at radius 2 is 2.11 bits per heavy atom. The standard InChI is InChI=1S/C15H17ClN2O/c1-18(2)15-14-11(7-5-9-13(14)17-19-15)10-6-3-4-8-12(10)16/h3-4,6,8,11H,5,7,9H2,1-2H3. The van der Waals surface area contributed by atoms with Crippen molar-refractivity contribution in [1.29, 1.82) is 0 Å². The third-order valence-electron chi connectivity index (χ3n) is 3.73. The summed E-state index contributed by atoms with van der Waals surface area (Å²) in [5.41, 5.74) is 3.47. The molecule has 0 bridgehead atoms. The van der Waals surface area contributed by atoms with E-state index in [2.05, 4.69) is 11.2 Å². The molecule has 0 radical (unpaired) electrons. The Hall–Kier alpha value is -1.48. The highest BCUT2D eigenvalue weighted by Gasteiger charge is 2.31. The SMILES string of the molecule is CN(C)c1onc2c1C(c1ccccc1Cl)CCC2. The molecule has 1 aliphatic carbocycles. The highest BCUT2D eigenvalue weighted by molar-refractivity contribution is 6.31. The van der Waals surface area contributed by atoms with Gasteiger partial charge in [0.05, 0.1) is 5.69 Å². The molecule has 0 N–H and O–H groups in total. The number of benzene rings is 1. The normalized spacial score (nSPS) is 18.2. The van der Waals surface area contributed by atoms with E-state index < -0.39 is 0 Å². The average molecular weight is 277 g/mol. The van der Waals surface area contributed by atoms with Crippen LogP contribution < -0.4 is 4.90 Å². The van der Waals surface area contributed by atoms with Gasteiger partial charge >= 0.3 is 0 Å². The summed E-state index contributed by atoms with van der Waals surface area (Å²) in [5, 5.41) is 5.05. The Kier molecular flexibility index (Phi) is 3.23. The van der Waals surface area contributed by atoms with Crippen LogP contribution in [-0.2, 0) is 6.42 Å². The van der Waals surface area contributed by atoms with E-state index in [1.54, 1.807) is 0 Å². The molecule has 1 heterocycles. The highest BCUT2D eigenvalue weighted by atomic mass is 35.5. The highest BCUT2D eigenvalue weighted by Crippen LogP contribution is 2.43. The van der Waals surface area contributed by atoms with Crippen LogP contribution >= 0.6 is 11.6 Å². The Bertz CT molecular complexity index is 592. The predicted octanol–water partition coefficient (Wildman–Crippen LogP) is 3.86. The lowest BCUT2D eigenvalue weighted by Gasteiger charge is -2.24. The van der Waals surface area contributed by atoms with E-state index in [1.807, 2.05) is 37.2 Å². The molecule has 100 valence electrons. The third kappa shape index (κ3) is 2.12. The minimum Gasteiger partial charge on any atom is -0.346 e. The molecule has 1 aromatic heterocycles. The van der Waals surface area contributed by atoms with E-state index in [0.29, 0.717) is 5.92 Å². The van der Waals surface area contributed by atoms with Crippen LogP contribution in [0.2, 0.25) is 5.02 Å². The summed E-state index contributed by atoms with van der Waals surface area (Å²) in [4.78, 5) is 1.99. The fraction of sp³-hybridized carbons (Fsp3) is 0.400. The third-order valence-corrected chi connectivity index (χ3v) is 4.07. The van der Waals surface area contributed by atoms with Gasteiger partial charge in [-0.1, -0.05) is 35.0 Å². The Labute approximate surface area is 118 Å². The largest absolute Gasteiger partial charge is 0.346 e. The molecule has 1 aliphatic rings. The first-order chi connectivity index (χ1) is 9.18. The van der Waals surface area contributed by atoms with Gasteiger partial charge in [0.25, 0.3) is 0 Å². The number of nitrogens with zero attached hydrogens (tertiary/aromatic N) is 2. The number of aryl methyl sites for hydroxylation is 1. The van der Waals surface area contributed by atoms with Crippen LogP contribution in [0.1, 0.15) is 35.6 Å². The molecule has 19 heavy (non-hydrogen) atoms. The van der Waals surface area contributed by atoms with Crippen molar-refractivity contribution in [2.75, 3.05) is 19.0 Å². The molecule has 0 saturated carbocycles. The van der Waals surface area contributed by atoms with Crippen molar-refractivity contribution in [3.63, 3.8) is 0 Å². The van der Waals surface area contributed by atoms with Gasteiger partial charge in [-0.2, -0.15) is 0 Å². The van der Waals surface area contributed by atoms with Crippen LogP contribution in [0.25, 0.3) is 0 Å². The number of hydrogen-bond donors (Lipinski definition) is 0. The van der Waals surface area contributed by atoms with Gasteiger partial charge in [-0.05, 0) is 30.9 Å².